The van der Waals surface area contributed by atoms with Gasteiger partial charge in [0.25, 0.3) is 5.91 Å². The zero-order valence-electron chi connectivity index (χ0n) is 14.7. The van der Waals surface area contributed by atoms with E-state index in [4.69, 9.17) is 11.6 Å². The van der Waals surface area contributed by atoms with Crippen LogP contribution in [0, 0.1) is 10.6 Å². The van der Waals surface area contributed by atoms with Crippen LogP contribution in [0.25, 0.3) is 0 Å². The summed E-state index contributed by atoms with van der Waals surface area (Å²) in [5.41, 5.74) is 2.08. The van der Waals surface area contributed by atoms with Gasteiger partial charge in [-0.2, -0.15) is 0 Å². The molecule has 1 atom stereocenters. The Morgan fingerprint density at radius 3 is 2.59 bits per heavy atom. The van der Waals surface area contributed by atoms with E-state index in [1.807, 2.05) is 60.9 Å². The molecule has 7 heteroatoms. The van der Waals surface area contributed by atoms with E-state index in [9.17, 15) is 4.79 Å². The Morgan fingerprint density at radius 2 is 1.93 bits per heavy atom. The molecule has 1 amide bonds. The normalized spacial score (nSPS) is 18.9. The van der Waals surface area contributed by atoms with Crippen LogP contribution in [0.3, 0.4) is 0 Å². The van der Waals surface area contributed by atoms with Gasteiger partial charge in [-0.1, -0.05) is 39.7 Å². The SMILES string of the molecule is Cc1cc(Cl)cc(N2C(=O)[C@@](C)(Cc3ccc(Br)cc3)n3c(I)cnc32)c1. The largest absolute Gasteiger partial charge is 0.289 e. The molecule has 0 radical (unpaired) electrons. The molecule has 1 aliphatic heterocycles. The molecule has 27 heavy (non-hydrogen) atoms. The van der Waals surface area contributed by atoms with E-state index in [0.29, 0.717) is 17.4 Å². The predicted molar refractivity (Wildman–Crippen MR) is 120 cm³/mol. The summed E-state index contributed by atoms with van der Waals surface area (Å²) in [6.45, 7) is 3.94. The van der Waals surface area contributed by atoms with Gasteiger partial charge in [-0.15, -0.1) is 0 Å². The maximum atomic E-state index is 13.6. The van der Waals surface area contributed by atoms with Gasteiger partial charge in [-0.05, 0) is 77.9 Å². The molecular weight excluding hydrogens is 541 g/mol. The number of amides is 1. The van der Waals surface area contributed by atoms with Gasteiger partial charge in [0.15, 0.2) is 0 Å². The lowest BCUT2D eigenvalue weighted by molar-refractivity contribution is -0.124. The highest BCUT2D eigenvalue weighted by Crippen LogP contribution is 2.43. The minimum atomic E-state index is -0.758. The molecule has 4 rings (SSSR count). The molecule has 138 valence electrons. The number of benzene rings is 2. The minimum absolute atomic E-state index is 0.00639. The van der Waals surface area contributed by atoms with Crippen molar-refractivity contribution in [3.63, 3.8) is 0 Å². The van der Waals surface area contributed by atoms with Crippen LogP contribution < -0.4 is 4.90 Å². The Labute approximate surface area is 184 Å². The lowest BCUT2D eigenvalue weighted by Gasteiger charge is -2.26. The summed E-state index contributed by atoms with van der Waals surface area (Å²) >= 11 is 12.0. The maximum absolute atomic E-state index is 13.6. The van der Waals surface area contributed by atoms with Crippen molar-refractivity contribution in [2.45, 2.75) is 25.8 Å². The highest BCUT2D eigenvalue weighted by atomic mass is 127. The van der Waals surface area contributed by atoms with Gasteiger partial charge in [-0.3, -0.25) is 9.36 Å². The molecule has 0 N–H and O–H groups in total. The smallest absolute Gasteiger partial charge is 0.260 e. The fraction of sp³-hybridized carbons (Fsp3) is 0.200. The van der Waals surface area contributed by atoms with E-state index in [2.05, 4.69) is 43.5 Å². The van der Waals surface area contributed by atoms with Crippen molar-refractivity contribution in [1.82, 2.24) is 9.55 Å². The first-order chi connectivity index (χ1) is 12.8. The zero-order chi connectivity index (χ0) is 19.3. The van der Waals surface area contributed by atoms with Gasteiger partial charge in [0.2, 0.25) is 5.95 Å². The van der Waals surface area contributed by atoms with E-state index < -0.39 is 5.54 Å². The molecule has 0 saturated heterocycles. The Kier molecular flexibility index (Phi) is 4.84. The second-order valence-corrected chi connectivity index (χ2v) is 9.38. The lowest BCUT2D eigenvalue weighted by Crippen LogP contribution is -2.41. The minimum Gasteiger partial charge on any atom is -0.289 e. The number of halogens is 3. The molecule has 3 aromatic rings. The molecule has 0 unspecified atom stereocenters. The Morgan fingerprint density at radius 1 is 1.22 bits per heavy atom. The first kappa shape index (κ1) is 19.0. The van der Waals surface area contributed by atoms with Crippen LogP contribution in [-0.4, -0.2) is 15.5 Å². The van der Waals surface area contributed by atoms with Crippen molar-refractivity contribution >= 4 is 67.7 Å². The number of aromatic nitrogens is 2. The van der Waals surface area contributed by atoms with Crippen LogP contribution in [0.1, 0.15) is 18.1 Å². The quantitative estimate of drug-likeness (QED) is 0.380. The van der Waals surface area contributed by atoms with E-state index in [0.717, 1.165) is 25.0 Å². The molecule has 0 fully saturated rings. The maximum Gasteiger partial charge on any atom is 0.260 e. The summed E-state index contributed by atoms with van der Waals surface area (Å²) in [4.78, 5) is 19.8. The molecule has 1 aliphatic rings. The van der Waals surface area contributed by atoms with Crippen molar-refractivity contribution in [2.75, 3.05) is 4.90 Å². The number of rotatable bonds is 3. The number of fused-ring (bicyclic) bond motifs is 1. The highest BCUT2D eigenvalue weighted by Gasteiger charge is 2.49. The topological polar surface area (TPSA) is 38.1 Å². The van der Waals surface area contributed by atoms with E-state index in [1.165, 1.54) is 0 Å². The number of nitrogens with zero attached hydrogens (tertiary/aromatic N) is 3. The number of hydrogen-bond acceptors (Lipinski definition) is 2. The molecule has 4 nitrogen and oxygen atoms in total. The molecule has 0 spiro atoms. The number of anilines is 2. The van der Waals surface area contributed by atoms with Crippen LogP contribution in [-0.2, 0) is 16.8 Å². The second-order valence-electron chi connectivity index (χ2n) is 6.92. The van der Waals surface area contributed by atoms with E-state index >= 15 is 0 Å². The highest BCUT2D eigenvalue weighted by molar-refractivity contribution is 14.1. The molecule has 1 aromatic heterocycles. The number of imidazole rings is 1. The van der Waals surface area contributed by atoms with Crippen molar-refractivity contribution in [2.24, 2.45) is 0 Å². The second kappa shape index (κ2) is 6.90. The molecule has 0 bridgehead atoms. The Bertz CT molecular complexity index is 1030. The van der Waals surface area contributed by atoms with Gasteiger partial charge in [0.05, 0.1) is 11.9 Å². The van der Waals surface area contributed by atoms with Crippen LogP contribution >= 0.6 is 50.1 Å². The third-order valence-corrected chi connectivity index (χ3v) is 6.31. The third-order valence-electron chi connectivity index (χ3n) is 4.80. The monoisotopic (exact) mass is 555 g/mol. The fourth-order valence-corrected chi connectivity index (χ4v) is 5.03. The van der Waals surface area contributed by atoms with Crippen LogP contribution in [0.5, 0.6) is 0 Å². The fourth-order valence-electron chi connectivity index (χ4n) is 3.60. The number of aryl methyl sites for hydroxylation is 1. The third kappa shape index (κ3) is 3.21. The summed E-state index contributed by atoms with van der Waals surface area (Å²) in [6, 6.07) is 13.7. The number of carbonyl (C=O) groups is 1. The summed E-state index contributed by atoms with van der Waals surface area (Å²) in [7, 11) is 0. The predicted octanol–water partition coefficient (Wildman–Crippen LogP) is 5.85. The van der Waals surface area contributed by atoms with Gasteiger partial charge >= 0.3 is 0 Å². The number of carbonyl (C=O) groups excluding carboxylic acids is 1. The summed E-state index contributed by atoms with van der Waals surface area (Å²) in [5.74, 6) is 0.624. The van der Waals surface area contributed by atoms with Crippen molar-refractivity contribution < 1.29 is 4.79 Å². The molecule has 0 saturated carbocycles. The van der Waals surface area contributed by atoms with Gasteiger partial charge < -0.3 is 0 Å². The summed E-state index contributed by atoms with van der Waals surface area (Å²) in [5, 5.41) is 0.604. The van der Waals surface area contributed by atoms with Crippen LogP contribution in [0.15, 0.2) is 53.1 Å². The van der Waals surface area contributed by atoms with Gasteiger partial charge in [0, 0.05) is 15.9 Å². The Hall–Kier alpha value is -1.38. The Balaban J connectivity index is 1.83. The van der Waals surface area contributed by atoms with E-state index in [-0.39, 0.29) is 5.91 Å². The first-order valence-corrected chi connectivity index (χ1v) is 10.6. The first-order valence-electron chi connectivity index (χ1n) is 8.39. The lowest BCUT2D eigenvalue weighted by atomic mass is 9.92. The average Bonchev–Trinajstić information content (AvgIpc) is 3.07. The van der Waals surface area contributed by atoms with Gasteiger partial charge in [0.1, 0.15) is 9.24 Å². The zero-order valence-corrected chi connectivity index (χ0v) is 19.2. The molecule has 2 aromatic carbocycles. The standard InChI is InChI=1S/C20H16BrClIN3O/c1-12-7-15(22)9-16(8-12)25-18(27)20(2,26-17(23)11-24-19(25)26)10-13-3-5-14(21)6-4-13/h3-9,11H,10H2,1-2H3/t20-/m1/s1. The van der Waals surface area contributed by atoms with E-state index in [1.54, 1.807) is 11.1 Å². The van der Waals surface area contributed by atoms with Crippen LogP contribution in [0.2, 0.25) is 5.02 Å². The summed E-state index contributed by atoms with van der Waals surface area (Å²) in [6.07, 6.45) is 2.38. The van der Waals surface area contributed by atoms with Crippen molar-refractivity contribution in [1.29, 1.82) is 0 Å². The average molecular weight is 557 g/mol. The summed E-state index contributed by atoms with van der Waals surface area (Å²) < 4.78 is 3.97. The van der Waals surface area contributed by atoms with Crippen LogP contribution in [0.4, 0.5) is 11.6 Å². The van der Waals surface area contributed by atoms with Crippen molar-refractivity contribution in [3.8, 4) is 0 Å². The molecular formula is C20H16BrClIN3O. The number of hydrogen-bond donors (Lipinski definition) is 0. The van der Waals surface area contributed by atoms with Gasteiger partial charge in [-0.25, -0.2) is 9.88 Å². The molecule has 2 heterocycles. The van der Waals surface area contributed by atoms with Crippen molar-refractivity contribution in [3.05, 3.63) is 73.0 Å². The molecule has 0 aliphatic carbocycles.